The van der Waals surface area contributed by atoms with Gasteiger partial charge in [0.1, 0.15) is 0 Å². The van der Waals surface area contributed by atoms with Crippen LogP contribution in [0.4, 0.5) is 0 Å². The van der Waals surface area contributed by atoms with Gasteiger partial charge in [0, 0.05) is 19.1 Å². The maximum atomic E-state index is 6.09. The van der Waals surface area contributed by atoms with Gasteiger partial charge in [-0.05, 0) is 25.0 Å². The van der Waals surface area contributed by atoms with Gasteiger partial charge in [0.15, 0.2) is 0 Å². The van der Waals surface area contributed by atoms with Crippen molar-refractivity contribution in [3.05, 3.63) is 33.8 Å². The van der Waals surface area contributed by atoms with E-state index < -0.39 is 0 Å². The highest BCUT2D eigenvalue weighted by atomic mass is 35.5. The summed E-state index contributed by atoms with van der Waals surface area (Å²) in [6.45, 7) is 3.57. The lowest BCUT2D eigenvalue weighted by molar-refractivity contribution is 0.553. The fourth-order valence-corrected chi connectivity index (χ4v) is 1.84. The third kappa shape index (κ3) is 3.99. The van der Waals surface area contributed by atoms with Crippen LogP contribution < -0.4 is 11.1 Å². The van der Waals surface area contributed by atoms with Crippen LogP contribution in [0.5, 0.6) is 0 Å². The van der Waals surface area contributed by atoms with Gasteiger partial charge in [-0.1, -0.05) is 35.3 Å². The minimum absolute atomic E-state index is 0.351. The highest BCUT2D eigenvalue weighted by Crippen LogP contribution is 2.26. The molecule has 0 aliphatic rings. The minimum Gasteiger partial charge on any atom is -0.329 e. The maximum absolute atomic E-state index is 6.09. The standard InChI is InChI=1S/C11H16Cl2N2/c1-8(15-6-5-14)7-9-3-2-4-10(12)11(9)13/h2-4,8,15H,5-7,14H2,1H3. The zero-order chi connectivity index (χ0) is 11.3. The molecule has 1 rings (SSSR count). The normalized spacial score (nSPS) is 12.8. The molecule has 0 aromatic heterocycles. The van der Waals surface area contributed by atoms with Crippen LogP contribution in [0, 0.1) is 0 Å². The first kappa shape index (κ1) is 12.8. The molecule has 1 aromatic carbocycles. The minimum atomic E-state index is 0.351. The zero-order valence-corrected chi connectivity index (χ0v) is 10.3. The predicted molar refractivity (Wildman–Crippen MR) is 66.7 cm³/mol. The Kier molecular flexibility index (Phi) is 5.40. The van der Waals surface area contributed by atoms with Crippen LogP contribution in [0.15, 0.2) is 18.2 Å². The van der Waals surface area contributed by atoms with Gasteiger partial charge in [0.25, 0.3) is 0 Å². The van der Waals surface area contributed by atoms with Gasteiger partial charge in [-0.3, -0.25) is 0 Å². The van der Waals surface area contributed by atoms with E-state index in [-0.39, 0.29) is 0 Å². The molecule has 1 aromatic rings. The first-order valence-corrected chi connectivity index (χ1v) is 5.77. The fourth-order valence-electron chi connectivity index (χ4n) is 1.44. The van der Waals surface area contributed by atoms with E-state index in [1.165, 1.54) is 0 Å². The fraction of sp³-hybridized carbons (Fsp3) is 0.455. The number of nitrogens with one attached hydrogen (secondary N) is 1. The molecule has 0 spiro atoms. The second-order valence-electron chi connectivity index (χ2n) is 3.56. The van der Waals surface area contributed by atoms with Crippen molar-refractivity contribution in [1.82, 2.24) is 5.32 Å². The largest absolute Gasteiger partial charge is 0.329 e. The highest BCUT2D eigenvalue weighted by molar-refractivity contribution is 6.42. The van der Waals surface area contributed by atoms with E-state index in [0.717, 1.165) is 18.5 Å². The molecule has 0 fully saturated rings. The highest BCUT2D eigenvalue weighted by Gasteiger charge is 2.07. The quantitative estimate of drug-likeness (QED) is 0.838. The average Bonchev–Trinajstić information content (AvgIpc) is 2.22. The van der Waals surface area contributed by atoms with Crippen molar-refractivity contribution in [3.8, 4) is 0 Å². The molecule has 1 unspecified atom stereocenters. The molecule has 15 heavy (non-hydrogen) atoms. The van der Waals surface area contributed by atoms with Crippen molar-refractivity contribution in [2.75, 3.05) is 13.1 Å². The van der Waals surface area contributed by atoms with Crippen LogP contribution in [0.1, 0.15) is 12.5 Å². The van der Waals surface area contributed by atoms with Gasteiger partial charge < -0.3 is 11.1 Å². The molecule has 84 valence electrons. The molecule has 0 amide bonds. The monoisotopic (exact) mass is 246 g/mol. The van der Waals surface area contributed by atoms with E-state index in [1.54, 1.807) is 6.07 Å². The molecule has 3 N–H and O–H groups in total. The van der Waals surface area contributed by atoms with Crippen molar-refractivity contribution >= 4 is 23.2 Å². The Balaban J connectivity index is 2.60. The number of rotatable bonds is 5. The number of benzene rings is 1. The van der Waals surface area contributed by atoms with Crippen LogP contribution >= 0.6 is 23.2 Å². The van der Waals surface area contributed by atoms with Crippen LogP contribution in [0.2, 0.25) is 10.0 Å². The average molecular weight is 247 g/mol. The number of nitrogens with two attached hydrogens (primary N) is 1. The Bertz CT molecular complexity index is 315. The molecule has 0 saturated heterocycles. The van der Waals surface area contributed by atoms with E-state index in [1.807, 2.05) is 12.1 Å². The van der Waals surface area contributed by atoms with E-state index in [0.29, 0.717) is 22.6 Å². The van der Waals surface area contributed by atoms with Crippen molar-refractivity contribution in [2.24, 2.45) is 5.73 Å². The van der Waals surface area contributed by atoms with Gasteiger partial charge >= 0.3 is 0 Å². The molecule has 4 heteroatoms. The third-order valence-corrected chi connectivity index (χ3v) is 3.05. The SMILES string of the molecule is CC(Cc1cccc(Cl)c1Cl)NCCN. The summed E-state index contributed by atoms with van der Waals surface area (Å²) in [6, 6.07) is 6.06. The van der Waals surface area contributed by atoms with E-state index in [4.69, 9.17) is 28.9 Å². The molecule has 0 radical (unpaired) electrons. The van der Waals surface area contributed by atoms with Gasteiger partial charge in [-0.2, -0.15) is 0 Å². The predicted octanol–water partition coefficient (Wildman–Crippen LogP) is 2.47. The smallest absolute Gasteiger partial charge is 0.0624 e. The van der Waals surface area contributed by atoms with Crippen molar-refractivity contribution in [3.63, 3.8) is 0 Å². The van der Waals surface area contributed by atoms with Gasteiger partial charge in [-0.15, -0.1) is 0 Å². The Morgan fingerprint density at radius 2 is 2.13 bits per heavy atom. The molecule has 1 atom stereocenters. The van der Waals surface area contributed by atoms with Crippen LogP contribution in [-0.2, 0) is 6.42 Å². The Hall–Kier alpha value is -0.280. The lowest BCUT2D eigenvalue weighted by Crippen LogP contribution is -2.32. The summed E-state index contributed by atoms with van der Waals surface area (Å²) in [5, 5.41) is 4.57. The summed E-state index contributed by atoms with van der Waals surface area (Å²) >= 11 is 12.0. The summed E-state index contributed by atoms with van der Waals surface area (Å²) in [4.78, 5) is 0. The van der Waals surface area contributed by atoms with Crippen LogP contribution in [0.25, 0.3) is 0 Å². The van der Waals surface area contributed by atoms with E-state index in [2.05, 4.69) is 12.2 Å². The summed E-state index contributed by atoms with van der Waals surface area (Å²) in [7, 11) is 0. The van der Waals surface area contributed by atoms with Crippen LogP contribution in [0.3, 0.4) is 0 Å². The summed E-state index contributed by atoms with van der Waals surface area (Å²) < 4.78 is 0. The number of hydrogen-bond donors (Lipinski definition) is 2. The van der Waals surface area contributed by atoms with Gasteiger partial charge in [0.05, 0.1) is 10.0 Å². The van der Waals surface area contributed by atoms with Gasteiger partial charge in [0.2, 0.25) is 0 Å². The molecular weight excluding hydrogens is 231 g/mol. The van der Waals surface area contributed by atoms with Gasteiger partial charge in [-0.25, -0.2) is 0 Å². The first-order chi connectivity index (χ1) is 7.15. The number of halogens is 2. The maximum Gasteiger partial charge on any atom is 0.0624 e. The Morgan fingerprint density at radius 1 is 1.40 bits per heavy atom. The van der Waals surface area contributed by atoms with Crippen LogP contribution in [-0.4, -0.2) is 19.1 Å². The van der Waals surface area contributed by atoms with Crippen molar-refractivity contribution < 1.29 is 0 Å². The Morgan fingerprint density at radius 3 is 2.80 bits per heavy atom. The number of hydrogen-bond acceptors (Lipinski definition) is 2. The molecule has 0 saturated carbocycles. The second-order valence-corrected chi connectivity index (χ2v) is 4.35. The first-order valence-electron chi connectivity index (χ1n) is 5.01. The Labute approximate surface area is 101 Å². The molecular formula is C11H16Cl2N2. The topological polar surface area (TPSA) is 38.0 Å². The van der Waals surface area contributed by atoms with E-state index in [9.17, 15) is 0 Å². The van der Waals surface area contributed by atoms with Crippen molar-refractivity contribution in [2.45, 2.75) is 19.4 Å². The second kappa shape index (κ2) is 6.33. The lowest BCUT2D eigenvalue weighted by Gasteiger charge is -2.14. The van der Waals surface area contributed by atoms with E-state index >= 15 is 0 Å². The van der Waals surface area contributed by atoms with Crippen molar-refractivity contribution in [1.29, 1.82) is 0 Å². The molecule has 0 heterocycles. The molecule has 0 aliphatic carbocycles. The summed E-state index contributed by atoms with van der Waals surface area (Å²) in [5.41, 5.74) is 6.49. The molecule has 0 bridgehead atoms. The molecule has 2 nitrogen and oxygen atoms in total. The lowest BCUT2D eigenvalue weighted by atomic mass is 10.1. The summed E-state index contributed by atoms with van der Waals surface area (Å²) in [5.74, 6) is 0. The summed E-state index contributed by atoms with van der Waals surface area (Å²) in [6.07, 6.45) is 0.861. The molecule has 0 aliphatic heterocycles. The third-order valence-electron chi connectivity index (χ3n) is 2.19. The zero-order valence-electron chi connectivity index (χ0n) is 8.76.